The molecule has 180 valence electrons. The van der Waals surface area contributed by atoms with Crippen LogP contribution in [0, 0.1) is 6.92 Å². The quantitative estimate of drug-likeness (QED) is 0.298. The van der Waals surface area contributed by atoms with E-state index < -0.39 is 0 Å². The Morgan fingerprint density at radius 2 is 1.53 bits per heavy atom. The number of allylic oxidation sites excluding steroid dienone is 1. The monoisotopic (exact) mass is 491 g/mol. The molecule has 3 heterocycles. The van der Waals surface area contributed by atoms with Crippen molar-refractivity contribution in [2.75, 3.05) is 0 Å². The third kappa shape index (κ3) is 3.40. The Morgan fingerprint density at radius 3 is 2.22 bits per heavy atom. The molecule has 0 N–H and O–H groups in total. The van der Waals surface area contributed by atoms with Crippen molar-refractivity contribution in [1.82, 2.24) is 14.7 Å². The smallest absolute Gasteiger partial charge is 0.229 e. The van der Waals surface area contributed by atoms with E-state index in [1.807, 2.05) is 10.7 Å². The van der Waals surface area contributed by atoms with Gasteiger partial charge in [0.05, 0.1) is 32.6 Å². The van der Waals surface area contributed by atoms with Crippen molar-refractivity contribution in [3.8, 4) is 11.6 Å². The molecule has 4 aromatic rings. The van der Waals surface area contributed by atoms with E-state index in [-0.39, 0.29) is 10.8 Å². The minimum Gasteiger partial charge on any atom is -0.421 e. The van der Waals surface area contributed by atoms with Crippen LogP contribution in [0.3, 0.4) is 0 Å². The van der Waals surface area contributed by atoms with Crippen LogP contribution in [0.1, 0.15) is 54.0 Å². The number of aryl methyl sites for hydroxylation is 1. The van der Waals surface area contributed by atoms with Gasteiger partial charge in [0.2, 0.25) is 11.8 Å². The number of rotatable bonds is 4. The fourth-order valence-corrected chi connectivity index (χ4v) is 7.84. The maximum absolute atomic E-state index is 6.97. The molecule has 0 saturated heterocycles. The lowest BCUT2D eigenvalue weighted by Gasteiger charge is -2.37. The van der Waals surface area contributed by atoms with Gasteiger partial charge in [-0.1, -0.05) is 103 Å². The van der Waals surface area contributed by atoms with E-state index in [0.717, 1.165) is 29.7 Å². The average Bonchev–Trinajstić information content (AvgIpc) is 3.61. The number of para-hydroxylation sites is 1. The highest BCUT2D eigenvalue weighted by atomic mass is 32.2. The minimum absolute atomic E-state index is 0.0515. The molecule has 1 atom stereocenters. The summed E-state index contributed by atoms with van der Waals surface area (Å²) in [6, 6.07) is 32.1. The molecule has 1 saturated carbocycles. The lowest BCUT2D eigenvalue weighted by atomic mass is 9.89. The molecule has 36 heavy (non-hydrogen) atoms. The van der Waals surface area contributed by atoms with Crippen LogP contribution >= 0.6 is 11.8 Å². The number of hydrogen-bond acceptors (Lipinski definition) is 4. The summed E-state index contributed by atoms with van der Waals surface area (Å²) < 4.78 is 8.97. The van der Waals surface area contributed by atoms with Gasteiger partial charge in [0.1, 0.15) is 0 Å². The highest BCUT2D eigenvalue weighted by Gasteiger charge is 2.53. The van der Waals surface area contributed by atoms with Crippen LogP contribution in [0.2, 0.25) is 0 Å². The van der Waals surface area contributed by atoms with E-state index in [0.29, 0.717) is 0 Å². The zero-order chi connectivity index (χ0) is 24.1. The second-order valence-corrected chi connectivity index (χ2v) is 11.4. The van der Waals surface area contributed by atoms with Crippen LogP contribution in [-0.4, -0.2) is 19.6 Å². The molecule has 4 nitrogen and oxygen atoms in total. The highest BCUT2D eigenvalue weighted by molar-refractivity contribution is 8.04. The molecule has 0 amide bonds. The van der Waals surface area contributed by atoms with Gasteiger partial charge in [-0.15, -0.1) is 0 Å². The van der Waals surface area contributed by atoms with Gasteiger partial charge in [-0.05, 0) is 43.0 Å². The van der Waals surface area contributed by atoms with Crippen LogP contribution in [0.4, 0.5) is 0 Å². The Labute approximate surface area is 216 Å². The van der Waals surface area contributed by atoms with E-state index in [1.165, 1.54) is 47.3 Å². The molecule has 0 radical (unpaired) electrons. The molecule has 0 bridgehead atoms. The summed E-state index contributed by atoms with van der Waals surface area (Å²) in [5.74, 6) is 1.98. The summed E-state index contributed by atoms with van der Waals surface area (Å²) in [5, 5.41) is 5.00. The molecular formula is C31H29N3OS. The Kier molecular flexibility index (Phi) is 5.21. The first-order valence-corrected chi connectivity index (χ1v) is 13.7. The fourth-order valence-electron chi connectivity index (χ4n) is 6.07. The van der Waals surface area contributed by atoms with Crippen LogP contribution in [0.15, 0.2) is 102 Å². The Balaban J connectivity index is 1.42. The van der Waals surface area contributed by atoms with Crippen LogP contribution in [0.25, 0.3) is 5.69 Å². The van der Waals surface area contributed by atoms with Crippen molar-refractivity contribution in [3.63, 3.8) is 0 Å². The van der Waals surface area contributed by atoms with Gasteiger partial charge in [0.15, 0.2) is 0 Å². The van der Waals surface area contributed by atoms with Crippen molar-refractivity contribution in [2.24, 2.45) is 0 Å². The van der Waals surface area contributed by atoms with Gasteiger partial charge in [-0.25, -0.2) is 4.68 Å². The molecule has 7 rings (SSSR count). The van der Waals surface area contributed by atoms with Gasteiger partial charge in [-0.3, -0.25) is 0 Å². The summed E-state index contributed by atoms with van der Waals surface area (Å²) in [7, 11) is 0. The minimum atomic E-state index is 0.0515. The van der Waals surface area contributed by atoms with Crippen molar-refractivity contribution in [3.05, 3.63) is 124 Å². The number of ether oxygens (including phenoxy) is 1. The molecule has 3 aromatic carbocycles. The first kappa shape index (κ1) is 21.8. The van der Waals surface area contributed by atoms with Crippen LogP contribution < -0.4 is 4.74 Å². The van der Waals surface area contributed by atoms with Crippen molar-refractivity contribution < 1.29 is 4.74 Å². The van der Waals surface area contributed by atoms with Crippen molar-refractivity contribution in [1.29, 1.82) is 0 Å². The zero-order valence-electron chi connectivity index (χ0n) is 20.4. The number of hydrogen-bond donors (Lipinski definition) is 0. The molecule has 1 spiro atoms. The predicted molar refractivity (Wildman–Crippen MR) is 145 cm³/mol. The third-order valence-electron chi connectivity index (χ3n) is 7.76. The number of benzene rings is 3. The molecule has 2 aliphatic heterocycles. The first-order valence-electron chi connectivity index (χ1n) is 12.9. The van der Waals surface area contributed by atoms with E-state index in [9.17, 15) is 0 Å². The second-order valence-electron chi connectivity index (χ2n) is 9.99. The molecular weight excluding hydrogens is 462 g/mol. The first-order chi connectivity index (χ1) is 17.7. The average molecular weight is 492 g/mol. The van der Waals surface area contributed by atoms with Gasteiger partial charge in [0, 0.05) is 6.54 Å². The van der Waals surface area contributed by atoms with Crippen LogP contribution in [0.5, 0.6) is 5.88 Å². The number of aromatic nitrogens is 2. The summed E-state index contributed by atoms with van der Waals surface area (Å²) in [6.07, 6.45) is 4.89. The van der Waals surface area contributed by atoms with Crippen LogP contribution in [-0.2, 0) is 6.54 Å². The van der Waals surface area contributed by atoms with Gasteiger partial charge in [-0.2, -0.15) is 5.10 Å². The Bertz CT molecular complexity index is 1420. The summed E-state index contributed by atoms with van der Waals surface area (Å²) in [4.78, 5) is 3.96. The van der Waals surface area contributed by atoms with Crippen molar-refractivity contribution >= 4 is 11.8 Å². The van der Waals surface area contributed by atoms with E-state index in [1.54, 1.807) is 0 Å². The number of fused-ring (bicyclic) bond motifs is 1. The fraction of sp³-hybridized carbons (Fsp3) is 0.258. The molecule has 1 aromatic heterocycles. The largest absolute Gasteiger partial charge is 0.421 e. The summed E-state index contributed by atoms with van der Waals surface area (Å²) >= 11 is 2.06. The maximum atomic E-state index is 6.97. The molecule has 5 heteroatoms. The number of thioether (sulfide) groups is 1. The molecule has 3 aliphatic rings. The zero-order valence-corrected chi connectivity index (χ0v) is 21.2. The van der Waals surface area contributed by atoms with Gasteiger partial charge < -0.3 is 9.64 Å². The lowest BCUT2D eigenvalue weighted by Crippen LogP contribution is -2.40. The second kappa shape index (κ2) is 8.59. The lowest BCUT2D eigenvalue weighted by molar-refractivity contribution is 0.135. The highest BCUT2D eigenvalue weighted by Crippen LogP contribution is 2.62. The number of nitrogens with zero attached hydrogens (tertiary/aromatic N) is 3. The Morgan fingerprint density at radius 1 is 0.889 bits per heavy atom. The predicted octanol–water partition coefficient (Wildman–Crippen LogP) is 7.39. The molecule has 1 fully saturated rings. The molecule has 1 aliphatic carbocycles. The summed E-state index contributed by atoms with van der Waals surface area (Å²) in [5.41, 5.74) is 5.85. The van der Waals surface area contributed by atoms with E-state index in [2.05, 4.69) is 109 Å². The van der Waals surface area contributed by atoms with Gasteiger partial charge in [0.25, 0.3) is 0 Å². The third-order valence-corrected chi connectivity index (χ3v) is 9.40. The van der Waals surface area contributed by atoms with Crippen molar-refractivity contribution in [2.45, 2.75) is 49.9 Å². The topological polar surface area (TPSA) is 30.3 Å². The Hall–Kier alpha value is -3.44. The van der Waals surface area contributed by atoms with E-state index >= 15 is 0 Å². The molecule has 1 unspecified atom stereocenters. The summed E-state index contributed by atoms with van der Waals surface area (Å²) in [6.45, 7) is 2.97. The standard InChI is InChI=1S/C31H29N3OS/c1-22-26-27(24-15-7-3-8-16-24)28-30(35-29(26)34(32-22)25-17-9-4-10-18-25)33(21-23-13-5-2-6-14-23)31(36-28)19-11-12-20-31/h2-10,13-18,27H,11-12,19-21H2,1H3. The van der Waals surface area contributed by atoms with E-state index in [4.69, 9.17) is 9.84 Å². The van der Waals surface area contributed by atoms with Gasteiger partial charge >= 0.3 is 0 Å². The SMILES string of the molecule is Cc1nn(-c2ccccc2)c2c1C(c1ccccc1)C1=C(O2)N(Cc2ccccc2)C2(CCCC2)S1. The normalized spacial score (nSPS) is 19.9. The maximum Gasteiger partial charge on any atom is 0.229 e.